The van der Waals surface area contributed by atoms with Gasteiger partial charge in [-0.25, -0.2) is 0 Å². The zero-order valence-electron chi connectivity index (χ0n) is 11.5. The molecule has 2 rings (SSSR count). The van der Waals surface area contributed by atoms with Crippen molar-refractivity contribution in [3.63, 3.8) is 0 Å². The fourth-order valence-electron chi connectivity index (χ4n) is 3.41. The van der Waals surface area contributed by atoms with E-state index in [1.807, 2.05) is 13.8 Å². The second-order valence-corrected chi connectivity index (χ2v) is 5.74. The van der Waals surface area contributed by atoms with Gasteiger partial charge in [0, 0.05) is 12.5 Å². The van der Waals surface area contributed by atoms with Gasteiger partial charge in [-0.15, -0.1) is 0 Å². The molecule has 2 aliphatic rings. The third kappa shape index (κ3) is 2.15. The molecule has 1 heterocycles. The molecular formula is C14H21NO4. The molecular weight excluding hydrogens is 246 g/mol. The lowest BCUT2D eigenvalue weighted by atomic mass is 9.81. The first-order chi connectivity index (χ1) is 8.95. The molecule has 0 unspecified atom stereocenters. The quantitative estimate of drug-likeness (QED) is 0.788. The third-order valence-electron chi connectivity index (χ3n) is 4.90. The Morgan fingerprint density at radius 3 is 2.37 bits per heavy atom. The van der Waals surface area contributed by atoms with Crippen LogP contribution < -0.4 is 0 Å². The normalized spacial score (nSPS) is 30.1. The molecule has 0 aromatic carbocycles. The van der Waals surface area contributed by atoms with Gasteiger partial charge in [-0.05, 0) is 32.1 Å². The van der Waals surface area contributed by atoms with E-state index in [1.54, 1.807) is 0 Å². The molecule has 1 aliphatic heterocycles. The summed E-state index contributed by atoms with van der Waals surface area (Å²) in [5.74, 6) is -1.44. The van der Waals surface area contributed by atoms with E-state index in [0.29, 0.717) is 32.1 Å². The van der Waals surface area contributed by atoms with E-state index in [0.717, 1.165) is 0 Å². The molecule has 0 radical (unpaired) electrons. The van der Waals surface area contributed by atoms with Crippen molar-refractivity contribution < 1.29 is 19.5 Å². The minimum Gasteiger partial charge on any atom is -0.481 e. The Labute approximate surface area is 113 Å². The summed E-state index contributed by atoms with van der Waals surface area (Å²) in [6, 6.07) is -0.207. The summed E-state index contributed by atoms with van der Waals surface area (Å²) in [5.41, 5.74) is -0.543. The number of carbonyl (C=O) groups is 3. The highest BCUT2D eigenvalue weighted by atomic mass is 16.4. The molecule has 1 N–H and O–H groups in total. The molecule has 1 saturated carbocycles. The van der Waals surface area contributed by atoms with Gasteiger partial charge in [0.05, 0.1) is 11.3 Å². The van der Waals surface area contributed by atoms with Crippen molar-refractivity contribution in [2.24, 2.45) is 11.3 Å². The highest BCUT2D eigenvalue weighted by molar-refractivity contribution is 6.06. The van der Waals surface area contributed by atoms with Crippen molar-refractivity contribution in [3.8, 4) is 0 Å². The Morgan fingerprint density at radius 1 is 1.32 bits per heavy atom. The molecule has 2 fully saturated rings. The fourth-order valence-corrected chi connectivity index (χ4v) is 3.41. The van der Waals surface area contributed by atoms with Crippen LogP contribution in [0.15, 0.2) is 0 Å². The van der Waals surface area contributed by atoms with Gasteiger partial charge in [0.2, 0.25) is 11.8 Å². The molecule has 0 spiro atoms. The van der Waals surface area contributed by atoms with E-state index in [9.17, 15) is 14.4 Å². The van der Waals surface area contributed by atoms with E-state index < -0.39 is 17.3 Å². The Hall–Kier alpha value is -1.39. The summed E-state index contributed by atoms with van der Waals surface area (Å²) in [5, 5.41) is 9.01. The first kappa shape index (κ1) is 14.0. The predicted octanol–water partition coefficient (Wildman–Crippen LogP) is 1.81. The van der Waals surface area contributed by atoms with E-state index in [1.165, 1.54) is 4.90 Å². The second-order valence-electron chi connectivity index (χ2n) is 5.74. The molecule has 2 atom stereocenters. The highest BCUT2D eigenvalue weighted by Crippen LogP contribution is 2.43. The van der Waals surface area contributed by atoms with Gasteiger partial charge in [-0.2, -0.15) is 0 Å². The third-order valence-corrected chi connectivity index (χ3v) is 4.90. The molecule has 0 aromatic rings. The van der Waals surface area contributed by atoms with Crippen LogP contribution in [0, 0.1) is 11.3 Å². The van der Waals surface area contributed by atoms with Crippen LogP contribution >= 0.6 is 0 Å². The summed E-state index contributed by atoms with van der Waals surface area (Å²) < 4.78 is 0. The summed E-state index contributed by atoms with van der Waals surface area (Å²) in [6.45, 7) is 3.87. The zero-order chi connectivity index (χ0) is 14.2. The number of carbonyl (C=O) groups excluding carboxylic acids is 2. The first-order valence-electron chi connectivity index (χ1n) is 7.04. The maximum atomic E-state index is 12.5. The average molecular weight is 267 g/mol. The fraction of sp³-hybridized carbons (Fsp3) is 0.786. The van der Waals surface area contributed by atoms with E-state index in [2.05, 4.69) is 0 Å². The number of nitrogens with zero attached hydrogens (tertiary/aromatic N) is 1. The van der Waals surface area contributed by atoms with Crippen LogP contribution in [-0.2, 0) is 14.4 Å². The van der Waals surface area contributed by atoms with Crippen molar-refractivity contribution in [3.05, 3.63) is 0 Å². The number of imide groups is 1. The Balaban J connectivity index is 2.16. The van der Waals surface area contributed by atoms with Crippen LogP contribution in [-0.4, -0.2) is 33.8 Å². The number of hydrogen-bond acceptors (Lipinski definition) is 3. The Morgan fingerprint density at radius 2 is 1.95 bits per heavy atom. The number of aliphatic carboxylic acids is 1. The second kappa shape index (κ2) is 4.94. The summed E-state index contributed by atoms with van der Waals surface area (Å²) >= 11 is 0. The van der Waals surface area contributed by atoms with Gasteiger partial charge in [0.1, 0.15) is 0 Å². The maximum Gasteiger partial charge on any atom is 0.306 e. The topological polar surface area (TPSA) is 74.7 Å². The molecule has 1 saturated heterocycles. The maximum absolute atomic E-state index is 12.5. The molecule has 2 amide bonds. The first-order valence-corrected chi connectivity index (χ1v) is 7.04. The number of rotatable bonds is 4. The molecule has 0 bridgehead atoms. The van der Waals surface area contributed by atoms with Crippen LogP contribution in [0.25, 0.3) is 0 Å². The lowest BCUT2D eigenvalue weighted by molar-refractivity contribution is -0.146. The highest BCUT2D eigenvalue weighted by Gasteiger charge is 2.52. The molecule has 1 aliphatic carbocycles. The van der Waals surface area contributed by atoms with Crippen LogP contribution in [0.2, 0.25) is 0 Å². The van der Waals surface area contributed by atoms with Crippen molar-refractivity contribution in [2.75, 3.05) is 0 Å². The minimum atomic E-state index is -0.821. The Kier molecular flexibility index (Phi) is 3.65. The van der Waals surface area contributed by atoms with Crippen LogP contribution in [0.5, 0.6) is 0 Å². The standard InChI is InChI=1S/C14H21NO4/c1-3-14(4-2)8-11(16)15(13(14)19)10-6-5-9(7-10)12(17)18/h9-10H,3-8H2,1-2H3,(H,17,18)/t9-,10+/m1/s1. The number of hydrogen-bond donors (Lipinski definition) is 1. The zero-order valence-corrected chi connectivity index (χ0v) is 11.5. The van der Waals surface area contributed by atoms with E-state index in [4.69, 9.17) is 5.11 Å². The minimum absolute atomic E-state index is 0.0847. The van der Waals surface area contributed by atoms with Crippen LogP contribution in [0.4, 0.5) is 0 Å². The van der Waals surface area contributed by atoms with Gasteiger partial charge < -0.3 is 5.11 Å². The lowest BCUT2D eigenvalue weighted by Crippen LogP contribution is -2.41. The average Bonchev–Trinajstić information content (AvgIpc) is 2.93. The van der Waals surface area contributed by atoms with Crippen LogP contribution in [0.1, 0.15) is 52.4 Å². The number of likely N-dealkylation sites (tertiary alicyclic amines) is 1. The molecule has 0 aromatic heterocycles. The smallest absolute Gasteiger partial charge is 0.306 e. The predicted molar refractivity (Wildman–Crippen MR) is 68.2 cm³/mol. The van der Waals surface area contributed by atoms with Crippen molar-refractivity contribution >= 4 is 17.8 Å². The largest absolute Gasteiger partial charge is 0.481 e. The monoisotopic (exact) mass is 267 g/mol. The SMILES string of the molecule is CCC1(CC)CC(=O)N([C@H]2CC[C@@H](C(=O)O)C2)C1=O. The summed E-state index contributed by atoms with van der Waals surface area (Å²) in [7, 11) is 0. The van der Waals surface area contributed by atoms with Crippen molar-refractivity contribution in [1.82, 2.24) is 4.90 Å². The van der Waals surface area contributed by atoms with Gasteiger partial charge in [-0.1, -0.05) is 13.8 Å². The number of carboxylic acids is 1. The molecule has 5 heteroatoms. The molecule has 19 heavy (non-hydrogen) atoms. The number of carboxylic acid groups (broad SMARTS) is 1. The van der Waals surface area contributed by atoms with E-state index in [-0.39, 0.29) is 24.3 Å². The van der Waals surface area contributed by atoms with Gasteiger partial charge >= 0.3 is 5.97 Å². The molecule has 5 nitrogen and oxygen atoms in total. The van der Waals surface area contributed by atoms with Gasteiger partial charge in [-0.3, -0.25) is 19.3 Å². The summed E-state index contributed by atoms with van der Waals surface area (Å²) in [4.78, 5) is 37.0. The van der Waals surface area contributed by atoms with Crippen LogP contribution in [0.3, 0.4) is 0 Å². The summed E-state index contributed by atoms with van der Waals surface area (Å²) in [6.07, 6.45) is 3.21. The van der Waals surface area contributed by atoms with Crippen molar-refractivity contribution in [1.29, 1.82) is 0 Å². The van der Waals surface area contributed by atoms with Crippen molar-refractivity contribution in [2.45, 2.75) is 58.4 Å². The number of amides is 2. The lowest BCUT2D eigenvalue weighted by Gasteiger charge is -2.27. The van der Waals surface area contributed by atoms with Gasteiger partial charge in [0.25, 0.3) is 0 Å². The Bertz CT molecular complexity index is 414. The van der Waals surface area contributed by atoms with E-state index >= 15 is 0 Å². The van der Waals surface area contributed by atoms with Gasteiger partial charge in [0.15, 0.2) is 0 Å². The molecule has 106 valence electrons.